The first-order chi connectivity index (χ1) is 14.4. The molecule has 1 amide bonds. The fourth-order valence-corrected chi connectivity index (χ4v) is 3.21. The standard InChI is InChI=1S/C20H21FN4O3.C2H6/c1-12-10-25(19(26)16-3-2-8-23-16)11-15(17(22)20(27)28)18(12)24-9-13-4-6-14(21)7-5-13;1-2/h2-8,12,23H,9-11,22H2,1H3,(H,27,28);1-2H3/b17-15-,24-18?;. The number of hydrogen-bond acceptors (Lipinski definition) is 4. The molecule has 1 fully saturated rings. The number of halogens is 1. The highest BCUT2D eigenvalue weighted by Gasteiger charge is 2.32. The third kappa shape index (κ3) is 5.34. The van der Waals surface area contributed by atoms with Crippen molar-refractivity contribution >= 4 is 17.6 Å². The fourth-order valence-electron chi connectivity index (χ4n) is 3.21. The topological polar surface area (TPSA) is 112 Å². The molecule has 4 N–H and O–H groups in total. The van der Waals surface area contributed by atoms with Crippen LogP contribution in [0.5, 0.6) is 0 Å². The average Bonchev–Trinajstić information content (AvgIpc) is 3.28. The van der Waals surface area contributed by atoms with Crippen LogP contribution >= 0.6 is 0 Å². The molecule has 0 saturated carbocycles. The van der Waals surface area contributed by atoms with Gasteiger partial charge in [0, 0.05) is 29.9 Å². The molecule has 1 atom stereocenters. The van der Waals surface area contributed by atoms with Gasteiger partial charge in [0.1, 0.15) is 17.2 Å². The van der Waals surface area contributed by atoms with E-state index in [0.29, 0.717) is 23.5 Å². The maximum atomic E-state index is 13.1. The average molecular weight is 414 g/mol. The predicted molar refractivity (Wildman–Crippen MR) is 114 cm³/mol. The minimum atomic E-state index is -1.26. The van der Waals surface area contributed by atoms with Gasteiger partial charge in [0.2, 0.25) is 0 Å². The van der Waals surface area contributed by atoms with Crippen molar-refractivity contribution in [2.24, 2.45) is 16.6 Å². The van der Waals surface area contributed by atoms with E-state index in [0.717, 1.165) is 5.56 Å². The Bertz CT molecular complexity index is 934. The molecule has 0 aliphatic carbocycles. The lowest BCUT2D eigenvalue weighted by molar-refractivity contribution is -0.132. The molecule has 1 saturated heterocycles. The smallest absolute Gasteiger partial charge is 0.352 e. The van der Waals surface area contributed by atoms with Gasteiger partial charge in [0.05, 0.1) is 13.1 Å². The summed E-state index contributed by atoms with van der Waals surface area (Å²) in [5.41, 5.74) is 7.59. The van der Waals surface area contributed by atoms with Crippen LogP contribution in [0.25, 0.3) is 0 Å². The van der Waals surface area contributed by atoms with E-state index < -0.39 is 5.97 Å². The van der Waals surface area contributed by atoms with Crippen LogP contribution < -0.4 is 5.73 Å². The lowest BCUT2D eigenvalue weighted by atomic mass is 9.90. The van der Waals surface area contributed by atoms with Crippen LogP contribution in [-0.2, 0) is 11.3 Å². The first-order valence-electron chi connectivity index (χ1n) is 9.80. The summed E-state index contributed by atoms with van der Waals surface area (Å²) in [6.45, 7) is 6.58. The molecule has 0 radical (unpaired) electrons. The number of carbonyl (C=O) groups is 2. The van der Waals surface area contributed by atoms with E-state index in [4.69, 9.17) is 5.73 Å². The summed E-state index contributed by atoms with van der Waals surface area (Å²) in [7, 11) is 0. The molecule has 1 aromatic carbocycles. The van der Waals surface area contributed by atoms with E-state index in [1.807, 2.05) is 20.8 Å². The second kappa shape index (κ2) is 10.4. The molecule has 8 heteroatoms. The maximum Gasteiger partial charge on any atom is 0.352 e. The Kier molecular flexibility index (Phi) is 7.91. The third-order valence-corrected chi connectivity index (χ3v) is 4.64. The number of carboxylic acids is 1. The Morgan fingerprint density at radius 2 is 1.93 bits per heavy atom. The van der Waals surface area contributed by atoms with Gasteiger partial charge in [-0.05, 0) is 29.8 Å². The Labute approximate surface area is 175 Å². The van der Waals surface area contributed by atoms with Gasteiger partial charge < -0.3 is 20.7 Å². The zero-order valence-electron chi connectivity index (χ0n) is 17.4. The lowest BCUT2D eigenvalue weighted by Crippen LogP contribution is -2.46. The molecular weight excluding hydrogens is 387 g/mol. The summed E-state index contributed by atoms with van der Waals surface area (Å²) in [5, 5.41) is 9.37. The number of aliphatic carboxylic acids is 1. The normalized spacial score (nSPS) is 19.1. The van der Waals surface area contributed by atoms with Crippen molar-refractivity contribution in [2.75, 3.05) is 13.1 Å². The highest BCUT2D eigenvalue weighted by Crippen LogP contribution is 2.23. The van der Waals surface area contributed by atoms with Gasteiger partial charge in [-0.1, -0.05) is 32.9 Å². The molecule has 30 heavy (non-hydrogen) atoms. The fraction of sp³-hybridized carbons (Fsp3) is 0.318. The molecule has 1 aromatic heterocycles. The Morgan fingerprint density at radius 3 is 2.50 bits per heavy atom. The summed E-state index contributed by atoms with van der Waals surface area (Å²) in [6.07, 6.45) is 1.65. The van der Waals surface area contributed by atoms with Crippen molar-refractivity contribution in [2.45, 2.75) is 27.3 Å². The highest BCUT2D eigenvalue weighted by atomic mass is 19.1. The first-order valence-corrected chi connectivity index (χ1v) is 9.80. The molecular formula is C22H27FN4O3. The van der Waals surface area contributed by atoms with Crippen molar-refractivity contribution in [1.82, 2.24) is 9.88 Å². The van der Waals surface area contributed by atoms with Crippen molar-refractivity contribution in [3.8, 4) is 0 Å². The molecule has 7 nitrogen and oxygen atoms in total. The van der Waals surface area contributed by atoms with Gasteiger partial charge >= 0.3 is 5.97 Å². The number of aromatic amines is 1. The maximum absolute atomic E-state index is 13.1. The summed E-state index contributed by atoms with van der Waals surface area (Å²) in [4.78, 5) is 33.1. The van der Waals surface area contributed by atoms with Gasteiger partial charge in [-0.15, -0.1) is 0 Å². The van der Waals surface area contributed by atoms with Gasteiger partial charge in [0.15, 0.2) is 0 Å². The van der Waals surface area contributed by atoms with Crippen molar-refractivity contribution < 1.29 is 19.1 Å². The second-order valence-corrected chi connectivity index (χ2v) is 6.70. The molecule has 0 spiro atoms. The molecule has 1 unspecified atom stereocenters. The molecule has 2 aromatic rings. The number of hydrogen-bond donors (Lipinski definition) is 3. The number of carbonyl (C=O) groups excluding carboxylic acids is 1. The van der Waals surface area contributed by atoms with Gasteiger partial charge in [-0.2, -0.15) is 0 Å². The van der Waals surface area contributed by atoms with Gasteiger partial charge in [-0.25, -0.2) is 9.18 Å². The zero-order valence-corrected chi connectivity index (χ0v) is 17.4. The van der Waals surface area contributed by atoms with E-state index in [9.17, 15) is 19.1 Å². The number of aromatic nitrogens is 1. The van der Waals surface area contributed by atoms with Crippen LogP contribution in [0.3, 0.4) is 0 Å². The Morgan fingerprint density at radius 1 is 1.27 bits per heavy atom. The van der Waals surface area contributed by atoms with E-state index >= 15 is 0 Å². The van der Waals surface area contributed by atoms with Gasteiger partial charge in [0.25, 0.3) is 5.91 Å². The molecule has 0 bridgehead atoms. The number of nitrogens with zero attached hydrogens (tertiary/aromatic N) is 2. The number of H-pyrrole nitrogens is 1. The number of rotatable bonds is 4. The van der Waals surface area contributed by atoms with Crippen LogP contribution in [0.2, 0.25) is 0 Å². The SMILES string of the molecule is CC.CC1CN(C(=O)c2ccc[nH]2)C/C(=C(/N)C(=O)O)C1=NCc1ccc(F)cc1. The second-order valence-electron chi connectivity index (χ2n) is 6.70. The minimum Gasteiger partial charge on any atom is -0.477 e. The van der Waals surface area contributed by atoms with E-state index in [1.165, 1.54) is 12.1 Å². The van der Waals surface area contributed by atoms with Crippen LogP contribution in [0, 0.1) is 11.7 Å². The molecule has 1 aliphatic rings. The largest absolute Gasteiger partial charge is 0.477 e. The number of nitrogens with one attached hydrogen (secondary N) is 1. The lowest BCUT2D eigenvalue weighted by Gasteiger charge is -2.34. The first kappa shape index (κ1) is 22.9. The zero-order chi connectivity index (χ0) is 22.3. The van der Waals surface area contributed by atoms with Crippen molar-refractivity contribution in [1.29, 1.82) is 0 Å². The number of likely N-dealkylation sites (tertiary alicyclic amines) is 1. The number of piperidine rings is 1. The van der Waals surface area contributed by atoms with Crippen LogP contribution in [0.15, 0.2) is 58.9 Å². The summed E-state index contributed by atoms with van der Waals surface area (Å²) in [6, 6.07) is 9.32. The molecule has 3 rings (SSSR count). The Hall–Kier alpha value is -3.42. The van der Waals surface area contributed by atoms with Crippen LogP contribution in [-0.4, -0.2) is 45.7 Å². The minimum absolute atomic E-state index is 0.0581. The number of amides is 1. The number of carboxylic acid groups (broad SMARTS) is 1. The number of benzene rings is 1. The van der Waals surface area contributed by atoms with Crippen molar-refractivity contribution in [3.63, 3.8) is 0 Å². The predicted octanol–water partition coefficient (Wildman–Crippen LogP) is 3.21. The van der Waals surface area contributed by atoms with Gasteiger partial charge in [-0.3, -0.25) is 9.79 Å². The number of nitrogens with two attached hydrogens (primary N) is 1. The molecule has 1 aliphatic heterocycles. The number of aliphatic imine (C=N–C) groups is 1. The quantitative estimate of drug-likeness (QED) is 0.667. The summed E-state index contributed by atoms with van der Waals surface area (Å²) in [5.74, 6) is -2.03. The Balaban J connectivity index is 0.00000155. The van der Waals surface area contributed by atoms with Crippen LogP contribution in [0.4, 0.5) is 4.39 Å². The monoisotopic (exact) mass is 414 g/mol. The third-order valence-electron chi connectivity index (χ3n) is 4.64. The highest BCUT2D eigenvalue weighted by molar-refractivity contribution is 6.09. The van der Waals surface area contributed by atoms with E-state index in [-0.39, 0.29) is 36.4 Å². The summed E-state index contributed by atoms with van der Waals surface area (Å²) >= 11 is 0. The van der Waals surface area contributed by atoms with E-state index in [2.05, 4.69) is 9.98 Å². The summed E-state index contributed by atoms with van der Waals surface area (Å²) < 4.78 is 13.1. The van der Waals surface area contributed by atoms with E-state index in [1.54, 1.807) is 35.4 Å². The van der Waals surface area contributed by atoms with Crippen LogP contribution in [0.1, 0.15) is 36.8 Å². The molecule has 160 valence electrons. The van der Waals surface area contributed by atoms with Crippen molar-refractivity contribution in [3.05, 3.63) is 70.9 Å². The molecule has 2 heterocycles.